The molecule has 2 rings (SSSR count). The zero-order valence-corrected chi connectivity index (χ0v) is 8.03. The Bertz CT molecular complexity index is 462. The molecule has 0 saturated carbocycles. The van der Waals surface area contributed by atoms with E-state index in [2.05, 4.69) is 10.1 Å². The van der Waals surface area contributed by atoms with Gasteiger partial charge in [-0.2, -0.15) is 5.10 Å². The summed E-state index contributed by atoms with van der Waals surface area (Å²) in [5, 5.41) is 4.04. The molecule has 0 aliphatic heterocycles. The Kier molecular flexibility index (Phi) is 2.04. The number of nitrogens with zero attached hydrogens (tertiary/aromatic N) is 3. The lowest BCUT2D eigenvalue weighted by molar-refractivity contribution is 0.609. The summed E-state index contributed by atoms with van der Waals surface area (Å²) in [6, 6.07) is 5.01. The summed E-state index contributed by atoms with van der Waals surface area (Å²) in [5.74, 6) is 0.347. The summed E-state index contributed by atoms with van der Waals surface area (Å²) < 4.78 is 14.9. The van der Waals surface area contributed by atoms with Gasteiger partial charge in [-0.3, -0.25) is 0 Å². The molecule has 0 aliphatic rings. The van der Waals surface area contributed by atoms with E-state index in [-0.39, 0.29) is 5.82 Å². The number of benzene rings is 1. The van der Waals surface area contributed by atoms with Crippen LogP contribution in [0.3, 0.4) is 0 Å². The maximum atomic E-state index is 13.5. The van der Waals surface area contributed by atoms with Crippen LogP contribution >= 0.6 is 0 Å². The third-order valence-corrected chi connectivity index (χ3v) is 1.96. The van der Waals surface area contributed by atoms with Gasteiger partial charge in [-0.15, -0.1) is 0 Å². The Labute approximate surface area is 81.2 Å². The van der Waals surface area contributed by atoms with Gasteiger partial charge in [-0.1, -0.05) is 6.07 Å². The second-order valence-electron chi connectivity index (χ2n) is 3.19. The highest BCUT2D eigenvalue weighted by molar-refractivity contribution is 5.34. The van der Waals surface area contributed by atoms with Crippen molar-refractivity contribution in [2.75, 3.05) is 0 Å². The number of aryl methyl sites for hydroxylation is 2. The Morgan fingerprint density at radius 2 is 2.07 bits per heavy atom. The van der Waals surface area contributed by atoms with Crippen molar-refractivity contribution in [1.29, 1.82) is 0 Å². The average Bonchev–Trinajstić information content (AvgIpc) is 2.51. The molecular weight excluding hydrogens is 181 g/mol. The van der Waals surface area contributed by atoms with E-state index in [0.29, 0.717) is 11.5 Å². The van der Waals surface area contributed by atoms with Gasteiger partial charge in [0.2, 0.25) is 0 Å². The van der Waals surface area contributed by atoms with Crippen LogP contribution in [0.15, 0.2) is 24.5 Å². The molecular formula is C10H10FN3. The average molecular weight is 191 g/mol. The second kappa shape index (κ2) is 3.21. The molecule has 0 N–H and O–H groups in total. The lowest BCUT2D eigenvalue weighted by Crippen LogP contribution is -1.98. The van der Waals surface area contributed by atoms with Crippen LogP contribution in [0, 0.1) is 19.7 Å². The molecule has 1 aromatic carbocycles. The molecule has 0 amide bonds. The molecule has 0 atom stereocenters. The molecule has 0 spiro atoms. The molecule has 1 aromatic heterocycles. The summed E-state index contributed by atoms with van der Waals surface area (Å²) >= 11 is 0. The molecule has 2 aromatic rings. The number of aromatic nitrogens is 3. The molecule has 14 heavy (non-hydrogen) atoms. The van der Waals surface area contributed by atoms with Crippen LogP contribution in [0.25, 0.3) is 5.69 Å². The van der Waals surface area contributed by atoms with E-state index in [1.807, 2.05) is 13.0 Å². The van der Waals surface area contributed by atoms with Crippen molar-refractivity contribution in [1.82, 2.24) is 14.8 Å². The zero-order valence-electron chi connectivity index (χ0n) is 8.03. The first kappa shape index (κ1) is 8.87. The van der Waals surface area contributed by atoms with Gasteiger partial charge < -0.3 is 0 Å². The molecule has 0 unspecified atom stereocenters. The maximum absolute atomic E-state index is 13.5. The highest BCUT2D eigenvalue weighted by atomic mass is 19.1. The first-order valence-corrected chi connectivity index (χ1v) is 4.31. The molecule has 72 valence electrons. The fraction of sp³-hybridized carbons (Fsp3) is 0.200. The summed E-state index contributed by atoms with van der Waals surface area (Å²) in [6.07, 6.45) is 1.50. The van der Waals surface area contributed by atoms with Crippen LogP contribution in [0.4, 0.5) is 4.39 Å². The van der Waals surface area contributed by atoms with Crippen LogP contribution < -0.4 is 0 Å². The molecule has 0 fully saturated rings. The maximum Gasteiger partial charge on any atom is 0.149 e. The largest absolute Gasteiger partial charge is 0.220 e. The smallest absolute Gasteiger partial charge is 0.149 e. The Hall–Kier alpha value is -1.71. The van der Waals surface area contributed by atoms with Crippen molar-refractivity contribution in [2.45, 2.75) is 13.8 Å². The normalized spacial score (nSPS) is 10.5. The Morgan fingerprint density at radius 1 is 1.29 bits per heavy atom. The Balaban J connectivity index is 2.52. The number of rotatable bonds is 1. The van der Waals surface area contributed by atoms with Crippen molar-refractivity contribution < 1.29 is 4.39 Å². The summed E-state index contributed by atoms with van der Waals surface area (Å²) in [4.78, 5) is 3.94. The number of hydrogen-bond acceptors (Lipinski definition) is 2. The second-order valence-corrected chi connectivity index (χ2v) is 3.19. The molecule has 0 aliphatic carbocycles. The minimum Gasteiger partial charge on any atom is -0.220 e. The summed E-state index contributed by atoms with van der Waals surface area (Å²) in [6.45, 7) is 3.61. The molecule has 4 heteroatoms. The molecule has 0 saturated heterocycles. The van der Waals surface area contributed by atoms with Gasteiger partial charge in [0, 0.05) is 0 Å². The molecule has 0 bridgehead atoms. The van der Waals surface area contributed by atoms with Crippen molar-refractivity contribution in [2.24, 2.45) is 0 Å². The van der Waals surface area contributed by atoms with Crippen LogP contribution in [-0.2, 0) is 0 Å². The van der Waals surface area contributed by atoms with Gasteiger partial charge in [0.25, 0.3) is 0 Å². The van der Waals surface area contributed by atoms with Crippen LogP contribution in [0.1, 0.15) is 11.4 Å². The highest BCUT2D eigenvalue weighted by Gasteiger charge is 2.05. The lowest BCUT2D eigenvalue weighted by atomic mass is 10.2. The summed E-state index contributed by atoms with van der Waals surface area (Å²) in [7, 11) is 0. The van der Waals surface area contributed by atoms with Gasteiger partial charge in [0.15, 0.2) is 0 Å². The SMILES string of the molecule is Cc1ccc(-n2cnc(C)n2)c(F)c1. The van der Waals surface area contributed by atoms with E-state index >= 15 is 0 Å². The van der Waals surface area contributed by atoms with Gasteiger partial charge in [0.05, 0.1) is 0 Å². The van der Waals surface area contributed by atoms with Crippen LogP contribution in [0.5, 0.6) is 0 Å². The predicted octanol–water partition coefficient (Wildman–Crippen LogP) is 2.02. The highest BCUT2D eigenvalue weighted by Crippen LogP contribution is 2.13. The quantitative estimate of drug-likeness (QED) is 0.690. The Morgan fingerprint density at radius 3 is 2.64 bits per heavy atom. The van der Waals surface area contributed by atoms with E-state index in [9.17, 15) is 4.39 Å². The van der Waals surface area contributed by atoms with E-state index in [1.165, 1.54) is 17.1 Å². The van der Waals surface area contributed by atoms with E-state index in [4.69, 9.17) is 0 Å². The van der Waals surface area contributed by atoms with Crippen LogP contribution in [0.2, 0.25) is 0 Å². The molecule has 0 radical (unpaired) electrons. The molecule has 3 nitrogen and oxygen atoms in total. The first-order valence-electron chi connectivity index (χ1n) is 4.31. The van der Waals surface area contributed by atoms with Gasteiger partial charge in [-0.25, -0.2) is 14.1 Å². The van der Waals surface area contributed by atoms with E-state index in [1.54, 1.807) is 13.0 Å². The van der Waals surface area contributed by atoms with E-state index in [0.717, 1.165) is 5.56 Å². The fourth-order valence-electron chi connectivity index (χ4n) is 1.26. The van der Waals surface area contributed by atoms with Crippen molar-refractivity contribution in [3.63, 3.8) is 0 Å². The minimum absolute atomic E-state index is 0.282. The van der Waals surface area contributed by atoms with Gasteiger partial charge >= 0.3 is 0 Å². The standard InChI is InChI=1S/C10H10FN3/c1-7-3-4-10(9(11)5-7)14-6-12-8(2)13-14/h3-6H,1-2H3. The monoisotopic (exact) mass is 191 g/mol. The number of hydrogen-bond donors (Lipinski definition) is 0. The zero-order chi connectivity index (χ0) is 10.1. The van der Waals surface area contributed by atoms with E-state index < -0.39 is 0 Å². The van der Waals surface area contributed by atoms with Crippen molar-refractivity contribution >= 4 is 0 Å². The topological polar surface area (TPSA) is 30.7 Å². The summed E-state index contributed by atoms with van der Waals surface area (Å²) in [5.41, 5.74) is 1.32. The lowest BCUT2D eigenvalue weighted by Gasteiger charge is -2.02. The van der Waals surface area contributed by atoms with Crippen molar-refractivity contribution in [3.8, 4) is 5.69 Å². The number of halogens is 1. The van der Waals surface area contributed by atoms with Gasteiger partial charge in [0.1, 0.15) is 23.7 Å². The predicted molar refractivity (Wildman–Crippen MR) is 50.8 cm³/mol. The molecule has 1 heterocycles. The van der Waals surface area contributed by atoms with Gasteiger partial charge in [-0.05, 0) is 31.5 Å². The first-order chi connectivity index (χ1) is 6.66. The fourth-order valence-corrected chi connectivity index (χ4v) is 1.26. The van der Waals surface area contributed by atoms with Crippen LogP contribution in [-0.4, -0.2) is 14.8 Å². The minimum atomic E-state index is -0.282. The van der Waals surface area contributed by atoms with Crippen molar-refractivity contribution in [3.05, 3.63) is 41.7 Å². The third kappa shape index (κ3) is 1.51. The third-order valence-electron chi connectivity index (χ3n) is 1.96.